The van der Waals surface area contributed by atoms with Crippen molar-refractivity contribution < 1.29 is 13.9 Å². The minimum atomic E-state index is -0.576. The van der Waals surface area contributed by atoms with Gasteiger partial charge in [-0.25, -0.2) is 4.98 Å². The predicted molar refractivity (Wildman–Crippen MR) is 93.1 cm³/mol. The summed E-state index contributed by atoms with van der Waals surface area (Å²) >= 11 is 0. The number of hydrogen-bond donors (Lipinski definition) is 1. The lowest BCUT2D eigenvalue weighted by Crippen LogP contribution is -2.35. The Kier molecular flexibility index (Phi) is 6.14. The maximum absolute atomic E-state index is 13.4. The SMILES string of the molecule is COc1nc(NCC2CN(Cc3ccccc3)CCCO2)ncc1F. The van der Waals surface area contributed by atoms with Crippen LogP contribution < -0.4 is 10.1 Å². The summed E-state index contributed by atoms with van der Waals surface area (Å²) in [7, 11) is 1.38. The van der Waals surface area contributed by atoms with Gasteiger partial charge in [-0.1, -0.05) is 30.3 Å². The molecule has 1 aliphatic rings. The Hall–Kier alpha value is -2.25. The Morgan fingerprint density at radius 1 is 1.36 bits per heavy atom. The third kappa shape index (κ3) is 5.11. The van der Waals surface area contributed by atoms with Crippen LogP contribution in [-0.2, 0) is 11.3 Å². The maximum atomic E-state index is 13.4. The number of rotatable bonds is 6. The molecule has 1 aromatic carbocycles. The first-order valence-electron chi connectivity index (χ1n) is 8.43. The van der Waals surface area contributed by atoms with Crippen LogP contribution in [0.4, 0.5) is 10.3 Å². The molecule has 25 heavy (non-hydrogen) atoms. The molecule has 0 spiro atoms. The molecule has 0 bridgehead atoms. The number of halogens is 1. The molecular formula is C18H23FN4O2. The number of methoxy groups -OCH3 is 1. The summed E-state index contributed by atoms with van der Waals surface area (Å²) in [4.78, 5) is 10.3. The van der Waals surface area contributed by atoms with E-state index in [2.05, 4.69) is 44.5 Å². The first-order valence-corrected chi connectivity index (χ1v) is 8.43. The Bertz CT molecular complexity index is 671. The van der Waals surface area contributed by atoms with Gasteiger partial charge < -0.3 is 14.8 Å². The summed E-state index contributed by atoms with van der Waals surface area (Å²) < 4.78 is 24.2. The summed E-state index contributed by atoms with van der Waals surface area (Å²) in [5.41, 5.74) is 1.29. The van der Waals surface area contributed by atoms with Gasteiger partial charge in [0.2, 0.25) is 11.8 Å². The highest BCUT2D eigenvalue weighted by Crippen LogP contribution is 2.15. The van der Waals surface area contributed by atoms with Gasteiger partial charge in [0.05, 0.1) is 19.4 Å². The van der Waals surface area contributed by atoms with Crippen LogP contribution in [0.3, 0.4) is 0 Å². The fraction of sp³-hybridized carbons (Fsp3) is 0.444. The fourth-order valence-electron chi connectivity index (χ4n) is 2.86. The smallest absolute Gasteiger partial charge is 0.255 e. The largest absolute Gasteiger partial charge is 0.479 e. The molecule has 0 radical (unpaired) electrons. The Balaban J connectivity index is 1.56. The number of ether oxygens (including phenoxy) is 2. The summed E-state index contributed by atoms with van der Waals surface area (Å²) in [6.45, 7) is 4.01. The van der Waals surface area contributed by atoms with Crippen molar-refractivity contribution >= 4 is 5.95 Å². The van der Waals surface area contributed by atoms with Crippen molar-refractivity contribution in [2.45, 2.75) is 19.1 Å². The van der Waals surface area contributed by atoms with Gasteiger partial charge in [0, 0.05) is 32.8 Å². The number of nitrogens with one attached hydrogen (secondary N) is 1. The van der Waals surface area contributed by atoms with Crippen LogP contribution in [0.1, 0.15) is 12.0 Å². The molecule has 1 aromatic heterocycles. The monoisotopic (exact) mass is 346 g/mol. The molecule has 2 heterocycles. The van der Waals surface area contributed by atoms with Crippen molar-refractivity contribution in [2.75, 3.05) is 38.7 Å². The Labute approximate surface area is 147 Å². The molecule has 0 saturated carbocycles. The molecule has 134 valence electrons. The van der Waals surface area contributed by atoms with Crippen LogP contribution in [-0.4, -0.2) is 54.3 Å². The van der Waals surface area contributed by atoms with Gasteiger partial charge in [-0.15, -0.1) is 0 Å². The summed E-state index contributed by atoms with van der Waals surface area (Å²) in [5, 5.41) is 3.11. The first-order chi connectivity index (χ1) is 12.2. The molecule has 2 aromatic rings. The van der Waals surface area contributed by atoms with Crippen molar-refractivity contribution in [2.24, 2.45) is 0 Å². The van der Waals surface area contributed by atoms with Gasteiger partial charge in [0.15, 0.2) is 0 Å². The topological polar surface area (TPSA) is 59.5 Å². The van der Waals surface area contributed by atoms with Gasteiger partial charge >= 0.3 is 0 Å². The highest BCUT2D eigenvalue weighted by Gasteiger charge is 2.19. The number of nitrogens with zero attached hydrogens (tertiary/aromatic N) is 3. The first kappa shape index (κ1) is 17.6. The molecule has 1 saturated heterocycles. The second-order valence-corrected chi connectivity index (χ2v) is 6.00. The molecule has 1 fully saturated rings. The van der Waals surface area contributed by atoms with Crippen LogP contribution in [0.15, 0.2) is 36.5 Å². The van der Waals surface area contributed by atoms with E-state index in [0.29, 0.717) is 12.5 Å². The van der Waals surface area contributed by atoms with Crippen LogP contribution in [0, 0.1) is 5.82 Å². The van der Waals surface area contributed by atoms with E-state index in [1.165, 1.54) is 12.7 Å². The minimum absolute atomic E-state index is 0.0193. The number of benzene rings is 1. The lowest BCUT2D eigenvalue weighted by atomic mass is 10.2. The molecule has 1 N–H and O–H groups in total. The highest BCUT2D eigenvalue weighted by molar-refractivity contribution is 5.28. The van der Waals surface area contributed by atoms with Crippen LogP contribution >= 0.6 is 0 Å². The molecule has 1 unspecified atom stereocenters. The van der Waals surface area contributed by atoms with E-state index < -0.39 is 5.82 Å². The molecule has 0 aliphatic carbocycles. The van der Waals surface area contributed by atoms with Crippen LogP contribution in [0.25, 0.3) is 0 Å². The zero-order valence-electron chi connectivity index (χ0n) is 14.3. The quantitative estimate of drug-likeness (QED) is 0.866. The summed E-state index contributed by atoms with van der Waals surface area (Å²) in [6.07, 6.45) is 2.12. The molecule has 0 amide bonds. The number of aromatic nitrogens is 2. The van der Waals surface area contributed by atoms with Crippen molar-refractivity contribution in [1.29, 1.82) is 0 Å². The maximum Gasteiger partial charge on any atom is 0.255 e. The zero-order chi connectivity index (χ0) is 17.5. The van der Waals surface area contributed by atoms with E-state index in [-0.39, 0.29) is 12.0 Å². The number of hydrogen-bond acceptors (Lipinski definition) is 6. The van der Waals surface area contributed by atoms with Gasteiger partial charge in [-0.3, -0.25) is 4.90 Å². The van der Waals surface area contributed by atoms with Gasteiger partial charge in [0.1, 0.15) is 0 Å². The lowest BCUT2D eigenvalue weighted by Gasteiger charge is -2.24. The van der Waals surface area contributed by atoms with Crippen LogP contribution in [0.5, 0.6) is 5.88 Å². The second kappa shape index (κ2) is 8.73. The third-order valence-corrected chi connectivity index (χ3v) is 4.08. The van der Waals surface area contributed by atoms with E-state index in [0.717, 1.165) is 38.9 Å². The van der Waals surface area contributed by atoms with Gasteiger partial charge in [0.25, 0.3) is 5.88 Å². The molecule has 6 nitrogen and oxygen atoms in total. The second-order valence-electron chi connectivity index (χ2n) is 6.00. The predicted octanol–water partition coefficient (Wildman–Crippen LogP) is 2.33. The third-order valence-electron chi connectivity index (χ3n) is 4.08. The normalized spacial score (nSPS) is 18.6. The van der Waals surface area contributed by atoms with Crippen molar-refractivity contribution in [3.8, 4) is 5.88 Å². The van der Waals surface area contributed by atoms with Gasteiger partial charge in [-0.05, 0) is 12.0 Å². The summed E-state index contributed by atoms with van der Waals surface area (Å²) in [6, 6.07) is 10.4. The van der Waals surface area contributed by atoms with Crippen LogP contribution in [0.2, 0.25) is 0 Å². The zero-order valence-corrected chi connectivity index (χ0v) is 14.3. The van der Waals surface area contributed by atoms with Crippen molar-refractivity contribution in [3.63, 3.8) is 0 Å². The lowest BCUT2D eigenvalue weighted by molar-refractivity contribution is 0.0624. The standard InChI is InChI=1S/C18H23FN4O2/c1-24-17-16(19)11-21-18(22-17)20-10-15-13-23(8-5-9-25-15)12-14-6-3-2-4-7-14/h2-4,6-7,11,15H,5,8-10,12-13H2,1H3,(H,20,21,22). The van der Waals surface area contributed by atoms with E-state index >= 15 is 0 Å². The minimum Gasteiger partial charge on any atom is -0.479 e. The number of anilines is 1. The van der Waals surface area contributed by atoms with E-state index in [4.69, 9.17) is 9.47 Å². The highest BCUT2D eigenvalue weighted by atomic mass is 19.1. The average molecular weight is 346 g/mol. The van der Waals surface area contributed by atoms with Crippen molar-refractivity contribution in [1.82, 2.24) is 14.9 Å². The average Bonchev–Trinajstić information content (AvgIpc) is 2.87. The fourth-order valence-corrected chi connectivity index (χ4v) is 2.86. The molecule has 1 aliphatic heterocycles. The molecule has 3 rings (SSSR count). The molecule has 7 heteroatoms. The van der Waals surface area contributed by atoms with E-state index in [1.807, 2.05) is 6.07 Å². The Morgan fingerprint density at radius 3 is 3.00 bits per heavy atom. The Morgan fingerprint density at radius 2 is 2.20 bits per heavy atom. The molecular weight excluding hydrogens is 323 g/mol. The van der Waals surface area contributed by atoms with E-state index in [9.17, 15) is 4.39 Å². The van der Waals surface area contributed by atoms with E-state index in [1.54, 1.807) is 0 Å². The van der Waals surface area contributed by atoms with Gasteiger partial charge in [-0.2, -0.15) is 9.37 Å². The summed E-state index contributed by atoms with van der Waals surface area (Å²) in [5.74, 6) is -0.307. The van der Waals surface area contributed by atoms with Crippen molar-refractivity contribution in [3.05, 3.63) is 47.9 Å². The molecule has 1 atom stereocenters.